The van der Waals surface area contributed by atoms with Crippen molar-refractivity contribution in [3.8, 4) is 0 Å². The zero-order valence-corrected chi connectivity index (χ0v) is 20.3. The predicted octanol–water partition coefficient (Wildman–Crippen LogP) is 5.56. The van der Waals surface area contributed by atoms with Crippen LogP contribution in [0.1, 0.15) is 29.7 Å². The summed E-state index contributed by atoms with van der Waals surface area (Å²) >= 11 is 12.1. The summed E-state index contributed by atoms with van der Waals surface area (Å²) in [6.07, 6.45) is 3.64. The maximum atomic E-state index is 14.0. The van der Waals surface area contributed by atoms with Crippen LogP contribution in [0, 0.1) is 0 Å². The van der Waals surface area contributed by atoms with Crippen molar-refractivity contribution in [1.82, 2.24) is 10.2 Å². The minimum absolute atomic E-state index is 0.201. The molecule has 1 saturated heterocycles. The standard InChI is InChI=1S/C27H21Cl2N3O3/c1-17(19-9-3-2-4-10-19)32-26(35)30-24(33)27(32)20-11-5-6-12-23(20)31(25(27)34)15-7-8-18-13-14-21(28)22(29)16-18/h2-14,16-17H,15H2,1H3,(H,30,33,35)/b8-7+/t17-,27+/m1/s1. The second-order valence-corrected chi connectivity index (χ2v) is 9.25. The highest BCUT2D eigenvalue weighted by molar-refractivity contribution is 6.42. The minimum atomic E-state index is -1.78. The molecule has 0 unspecified atom stereocenters. The number of imide groups is 1. The van der Waals surface area contributed by atoms with Crippen molar-refractivity contribution in [2.24, 2.45) is 0 Å². The van der Waals surface area contributed by atoms with Gasteiger partial charge in [-0.3, -0.25) is 19.8 Å². The summed E-state index contributed by atoms with van der Waals surface area (Å²) in [7, 11) is 0. The average Bonchev–Trinajstić information content (AvgIpc) is 3.27. The summed E-state index contributed by atoms with van der Waals surface area (Å²) in [6, 6.07) is 20.6. The van der Waals surface area contributed by atoms with Crippen molar-refractivity contribution >= 4 is 52.8 Å². The van der Waals surface area contributed by atoms with Crippen LogP contribution in [0.2, 0.25) is 10.0 Å². The monoisotopic (exact) mass is 505 g/mol. The number of nitrogens with one attached hydrogen (secondary N) is 1. The Bertz CT molecular complexity index is 1380. The fraction of sp³-hybridized carbons (Fsp3) is 0.148. The molecule has 0 aromatic heterocycles. The normalized spacial score (nSPS) is 20.1. The zero-order chi connectivity index (χ0) is 24.7. The molecule has 0 bridgehead atoms. The lowest BCUT2D eigenvalue weighted by Gasteiger charge is -2.35. The number of rotatable bonds is 5. The second kappa shape index (κ2) is 8.87. The third-order valence-electron chi connectivity index (χ3n) is 6.48. The molecule has 0 radical (unpaired) electrons. The van der Waals surface area contributed by atoms with E-state index in [2.05, 4.69) is 5.32 Å². The molecule has 5 rings (SSSR count). The molecule has 8 heteroatoms. The Kier molecular flexibility index (Phi) is 5.87. The van der Waals surface area contributed by atoms with Crippen molar-refractivity contribution in [3.63, 3.8) is 0 Å². The lowest BCUT2D eigenvalue weighted by molar-refractivity contribution is -0.139. The van der Waals surface area contributed by atoms with Gasteiger partial charge < -0.3 is 4.90 Å². The van der Waals surface area contributed by atoms with Crippen LogP contribution in [-0.4, -0.2) is 29.3 Å². The van der Waals surface area contributed by atoms with Crippen molar-refractivity contribution in [2.75, 3.05) is 11.4 Å². The van der Waals surface area contributed by atoms with E-state index < -0.39 is 29.4 Å². The zero-order valence-electron chi connectivity index (χ0n) is 18.7. The average molecular weight is 506 g/mol. The summed E-state index contributed by atoms with van der Waals surface area (Å²) in [5.41, 5.74) is 0.938. The predicted molar refractivity (Wildman–Crippen MR) is 136 cm³/mol. The van der Waals surface area contributed by atoms with Gasteiger partial charge in [-0.2, -0.15) is 0 Å². The molecule has 176 valence electrons. The number of hydrogen-bond donors (Lipinski definition) is 1. The first-order valence-corrected chi connectivity index (χ1v) is 11.8. The summed E-state index contributed by atoms with van der Waals surface area (Å²) in [4.78, 5) is 43.4. The quantitative estimate of drug-likeness (QED) is 0.364. The number of hydrogen-bond acceptors (Lipinski definition) is 3. The van der Waals surface area contributed by atoms with E-state index >= 15 is 0 Å². The molecule has 1 N–H and O–H groups in total. The van der Waals surface area contributed by atoms with E-state index in [4.69, 9.17) is 23.2 Å². The molecule has 6 nitrogen and oxygen atoms in total. The largest absolute Gasteiger partial charge is 0.326 e. The highest BCUT2D eigenvalue weighted by Gasteiger charge is 2.66. The van der Waals surface area contributed by atoms with Gasteiger partial charge in [0.05, 0.1) is 21.8 Å². The minimum Gasteiger partial charge on any atom is -0.305 e. The Balaban J connectivity index is 1.54. The van der Waals surface area contributed by atoms with Crippen LogP contribution >= 0.6 is 23.2 Å². The summed E-state index contributed by atoms with van der Waals surface area (Å²) in [5, 5.41) is 3.28. The van der Waals surface area contributed by atoms with Gasteiger partial charge in [0.1, 0.15) is 0 Å². The molecular formula is C27H21Cl2N3O3. The molecule has 2 atom stereocenters. The molecule has 3 aromatic carbocycles. The summed E-state index contributed by atoms with van der Waals surface area (Å²) in [6.45, 7) is 2.02. The van der Waals surface area contributed by atoms with E-state index in [0.29, 0.717) is 21.3 Å². The van der Waals surface area contributed by atoms with E-state index in [1.165, 1.54) is 9.80 Å². The van der Waals surface area contributed by atoms with Gasteiger partial charge in [-0.1, -0.05) is 90.0 Å². The van der Waals surface area contributed by atoms with Crippen LogP contribution in [0.5, 0.6) is 0 Å². The molecule has 4 amide bonds. The van der Waals surface area contributed by atoms with Gasteiger partial charge in [-0.15, -0.1) is 0 Å². The van der Waals surface area contributed by atoms with Crippen LogP contribution in [0.15, 0.2) is 78.9 Å². The number of amides is 4. The number of benzene rings is 3. The van der Waals surface area contributed by atoms with Crippen LogP contribution in [0.25, 0.3) is 6.08 Å². The van der Waals surface area contributed by atoms with Crippen LogP contribution in [0.3, 0.4) is 0 Å². The number of carbonyl (C=O) groups excluding carboxylic acids is 3. The van der Waals surface area contributed by atoms with Gasteiger partial charge in [0.15, 0.2) is 0 Å². The van der Waals surface area contributed by atoms with E-state index in [0.717, 1.165) is 11.1 Å². The van der Waals surface area contributed by atoms with Gasteiger partial charge in [0, 0.05) is 12.1 Å². The van der Waals surface area contributed by atoms with Crippen molar-refractivity contribution < 1.29 is 14.4 Å². The molecule has 3 aromatic rings. The molecule has 1 spiro atoms. The number of anilines is 1. The third kappa shape index (κ3) is 3.61. The number of carbonyl (C=O) groups is 3. The maximum absolute atomic E-state index is 14.0. The van der Waals surface area contributed by atoms with Crippen LogP contribution in [0.4, 0.5) is 10.5 Å². The first-order chi connectivity index (χ1) is 16.9. The first-order valence-electron chi connectivity index (χ1n) is 11.1. The lowest BCUT2D eigenvalue weighted by atomic mass is 9.87. The molecule has 0 saturated carbocycles. The Morgan fingerprint density at radius 1 is 0.943 bits per heavy atom. The lowest BCUT2D eigenvalue weighted by Crippen LogP contribution is -2.55. The Labute approximate surface area is 212 Å². The third-order valence-corrected chi connectivity index (χ3v) is 7.22. The Hall–Kier alpha value is -3.61. The fourth-order valence-corrected chi connectivity index (χ4v) is 5.14. The SMILES string of the molecule is C[C@H](c1ccccc1)N1C(=O)NC(=O)[C@@]12C(=O)N(C/C=C/c1ccc(Cl)c(Cl)c1)c1ccccc12. The highest BCUT2D eigenvalue weighted by Crippen LogP contribution is 2.49. The van der Waals surface area contributed by atoms with Crippen molar-refractivity contribution in [3.05, 3.63) is 106 Å². The number of halogens is 2. The highest BCUT2D eigenvalue weighted by atomic mass is 35.5. The van der Waals surface area contributed by atoms with Gasteiger partial charge in [-0.25, -0.2) is 4.79 Å². The van der Waals surface area contributed by atoms with Gasteiger partial charge in [-0.05, 0) is 36.2 Å². The van der Waals surface area contributed by atoms with Gasteiger partial charge >= 0.3 is 6.03 Å². The van der Waals surface area contributed by atoms with Crippen molar-refractivity contribution in [2.45, 2.75) is 18.5 Å². The molecular weight excluding hydrogens is 485 g/mol. The Morgan fingerprint density at radius 3 is 2.40 bits per heavy atom. The Morgan fingerprint density at radius 2 is 1.66 bits per heavy atom. The topological polar surface area (TPSA) is 69.7 Å². The number of urea groups is 1. The second-order valence-electron chi connectivity index (χ2n) is 8.44. The molecule has 0 aliphatic carbocycles. The fourth-order valence-electron chi connectivity index (χ4n) is 4.84. The van der Waals surface area contributed by atoms with Crippen LogP contribution < -0.4 is 10.2 Å². The first kappa shape index (κ1) is 23.1. The molecule has 2 heterocycles. The number of para-hydroxylation sites is 1. The van der Waals surface area contributed by atoms with E-state index in [9.17, 15) is 14.4 Å². The van der Waals surface area contributed by atoms with Gasteiger partial charge in [0.25, 0.3) is 11.8 Å². The molecule has 2 aliphatic rings. The summed E-state index contributed by atoms with van der Waals surface area (Å²) in [5.74, 6) is -1.11. The van der Waals surface area contributed by atoms with E-state index in [1.54, 1.807) is 36.4 Å². The maximum Gasteiger partial charge on any atom is 0.326 e. The molecule has 1 fully saturated rings. The molecule has 2 aliphatic heterocycles. The number of nitrogens with zero attached hydrogens (tertiary/aromatic N) is 2. The van der Waals surface area contributed by atoms with Crippen molar-refractivity contribution in [1.29, 1.82) is 0 Å². The van der Waals surface area contributed by atoms with Crippen LogP contribution in [-0.2, 0) is 15.1 Å². The number of fused-ring (bicyclic) bond motifs is 2. The summed E-state index contributed by atoms with van der Waals surface area (Å²) < 4.78 is 0. The van der Waals surface area contributed by atoms with Gasteiger partial charge in [0.2, 0.25) is 5.54 Å². The van der Waals surface area contributed by atoms with E-state index in [-0.39, 0.29) is 6.54 Å². The smallest absolute Gasteiger partial charge is 0.305 e. The van der Waals surface area contributed by atoms with E-state index in [1.807, 2.05) is 55.5 Å². The molecule has 35 heavy (non-hydrogen) atoms.